The predicted molar refractivity (Wildman–Crippen MR) is 78.3 cm³/mol. The van der Waals surface area contributed by atoms with Crippen molar-refractivity contribution in [3.05, 3.63) is 35.9 Å². The summed E-state index contributed by atoms with van der Waals surface area (Å²) in [5.41, 5.74) is 1.22. The van der Waals surface area contributed by atoms with Crippen LogP contribution in [0.25, 0.3) is 0 Å². The fraction of sp³-hybridized carbons (Fsp3) is 0.500. The van der Waals surface area contributed by atoms with E-state index in [4.69, 9.17) is 0 Å². The second-order valence-corrected chi connectivity index (χ2v) is 4.43. The van der Waals surface area contributed by atoms with Crippen LogP contribution >= 0.6 is 12.4 Å². The van der Waals surface area contributed by atoms with Gasteiger partial charge in [0.2, 0.25) is 5.91 Å². The largest absolute Gasteiger partial charge is 0.344 e. The second kappa shape index (κ2) is 8.95. The van der Waals surface area contributed by atoms with Crippen LogP contribution in [0, 0.1) is 0 Å². The molecule has 102 valence electrons. The van der Waals surface area contributed by atoms with Gasteiger partial charge in [0.1, 0.15) is 0 Å². The molecule has 0 saturated carbocycles. The Bertz CT molecular complexity index is 343. The minimum atomic E-state index is 0. The molecule has 0 aromatic heterocycles. The molecule has 4 heteroatoms. The van der Waals surface area contributed by atoms with E-state index in [0.717, 1.165) is 13.1 Å². The lowest BCUT2D eigenvalue weighted by Crippen LogP contribution is -2.33. The Kier molecular flexibility index (Phi) is 8.42. The Morgan fingerprint density at radius 1 is 1.33 bits per heavy atom. The average molecular weight is 271 g/mol. The first kappa shape index (κ1) is 16.9. The van der Waals surface area contributed by atoms with E-state index in [-0.39, 0.29) is 24.2 Å². The third-order valence-corrected chi connectivity index (χ3v) is 2.97. The van der Waals surface area contributed by atoms with Crippen LogP contribution < -0.4 is 5.32 Å². The molecule has 1 atom stereocenters. The van der Waals surface area contributed by atoms with E-state index in [0.29, 0.717) is 6.42 Å². The van der Waals surface area contributed by atoms with Crippen molar-refractivity contribution in [1.29, 1.82) is 0 Å². The summed E-state index contributed by atoms with van der Waals surface area (Å²) in [6, 6.07) is 10.2. The highest BCUT2D eigenvalue weighted by Crippen LogP contribution is 2.18. The minimum Gasteiger partial charge on any atom is -0.344 e. The zero-order valence-electron chi connectivity index (χ0n) is 11.3. The van der Waals surface area contributed by atoms with E-state index < -0.39 is 0 Å². The molecule has 0 fully saturated rings. The molecule has 0 bridgehead atoms. The molecule has 0 heterocycles. The highest BCUT2D eigenvalue weighted by molar-refractivity contribution is 5.85. The van der Waals surface area contributed by atoms with Crippen molar-refractivity contribution in [3.63, 3.8) is 0 Å². The number of nitrogens with zero attached hydrogens (tertiary/aromatic N) is 1. The van der Waals surface area contributed by atoms with Crippen LogP contribution in [0.5, 0.6) is 0 Å². The van der Waals surface area contributed by atoms with Crippen LogP contribution in [-0.2, 0) is 4.79 Å². The van der Waals surface area contributed by atoms with Gasteiger partial charge in [0.05, 0.1) is 0 Å². The van der Waals surface area contributed by atoms with Crippen molar-refractivity contribution >= 4 is 18.3 Å². The van der Waals surface area contributed by atoms with E-state index in [2.05, 4.69) is 24.4 Å². The van der Waals surface area contributed by atoms with Gasteiger partial charge in [-0.1, -0.05) is 37.3 Å². The third kappa shape index (κ3) is 5.52. The van der Waals surface area contributed by atoms with Gasteiger partial charge in [0.15, 0.2) is 0 Å². The first-order chi connectivity index (χ1) is 8.15. The van der Waals surface area contributed by atoms with Crippen LogP contribution in [0.15, 0.2) is 30.3 Å². The molecular formula is C14H23ClN2O. The van der Waals surface area contributed by atoms with Gasteiger partial charge < -0.3 is 10.2 Å². The lowest BCUT2D eigenvalue weighted by Gasteiger charge is -2.19. The summed E-state index contributed by atoms with van der Waals surface area (Å²) >= 11 is 0. The Hall–Kier alpha value is -1.06. The van der Waals surface area contributed by atoms with Crippen LogP contribution in [0.4, 0.5) is 0 Å². The monoisotopic (exact) mass is 270 g/mol. The number of hydrogen-bond donors (Lipinski definition) is 1. The Labute approximate surface area is 116 Å². The zero-order chi connectivity index (χ0) is 12.7. The maximum absolute atomic E-state index is 11.9. The van der Waals surface area contributed by atoms with Gasteiger partial charge in [-0.3, -0.25) is 4.79 Å². The molecule has 1 unspecified atom stereocenters. The molecular weight excluding hydrogens is 248 g/mol. The Balaban J connectivity index is 0.00000289. The first-order valence-electron chi connectivity index (χ1n) is 6.08. The maximum Gasteiger partial charge on any atom is 0.222 e. The molecule has 0 radical (unpaired) electrons. The third-order valence-electron chi connectivity index (χ3n) is 2.97. The maximum atomic E-state index is 11.9. The number of nitrogens with one attached hydrogen (secondary N) is 1. The van der Waals surface area contributed by atoms with E-state index in [9.17, 15) is 4.79 Å². The predicted octanol–water partition coefficient (Wildman–Crippen LogP) is 2.28. The lowest BCUT2D eigenvalue weighted by molar-refractivity contribution is -0.130. The molecule has 0 saturated heterocycles. The molecule has 3 nitrogen and oxygen atoms in total. The standard InChI is InChI=1S/C14H22N2O.ClH/c1-12(13-7-5-4-6-8-13)11-14(17)16(3)10-9-15-2;/h4-8,12,15H,9-11H2,1-3H3;1H. The van der Waals surface area contributed by atoms with E-state index in [1.54, 1.807) is 4.90 Å². The number of carbonyl (C=O) groups excluding carboxylic acids is 1. The number of likely N-dealkylation sites (N-methyl/N-ethyl adjacent to an activating group) is 2. The topological polar surface area (TPSA) is 32.3 Å². The van der Waals surface area contributed by atoms with Crippen molar-refractivity contribution < 1.29 is 4.79 Å². The number of rotatable bonds is 6. The van der Waals surface area contributed by atoms with Gasteiger partial charge in [0, 0.05) is 26.6 Å². The van der Waals surface area contributed by atoms with E-state index in [1.165, 1.54) is 5.56 Å². The number of amides is 1. The number of hydrogen-bond acceptors (Lipinski definition) is 2. The normalized spacial score (nSPS) is 11.5. The van der Waals surface area contributed by atoms with E-state index in [1.807, 2.05) is 32.3 Å². The van der Waals surface area contributed by atoms with Crippen molar-refractivity contribution in [1.82, 2.24) is 10.2 Å². The molecule has 1 aromatic rings. The first-order valence-corrected chi connectivity index (χ1v) is 6.08. The average Bonchev–Trinajstić information content (AvgIpc) is 2.36. The van der Waals surface area contributed by atoms with E-state index >= 15 is 0 Å². The summed E-state index contributed by atoms with van der Waals surface area (Å²) in [5.74, 6) is 0.484. The number of benzene rings is 1. The fourth-order valence-electron chi connectivity index (χ4n) is 1.72. The summed E-state index contributed by atoms with van der Waals surface area (Å²) in [5, 5.41) is 3.04. The molecule has 0 spiro atoms. The van der Waals surface area contributed by atoms with Crippen molar-refractivity contribution in [2.75, 3.05) is 27.2 Å². The summed E-state index contributed by atoms with van der Waals surface area (Å²) in [6.45, 7) is 3.69. The van der Waals surface area contributed by atoms with Crippen molar-refractivity contribution in [2.45, 2.75) is 19.3 Å². The molecule has 1 amide bonds. The summed E-state index contributed by atoms with van der Waals surface area (Å²) in [6.07, 6.45) is 0.574. The van der Waals surface area contributed by atoms with Crippen LogP contribution in [0.3, 0.4) is 0 Å². The second-order valence-electron chi connectivity index (χ2n) is 4.43. The number of carbonyl (C=O) groups is 1. The van der Waals surface area contributed by atoms with Crippen molar-refractivity contribution in [3.8, 4) is 0 Å². The quantitative estimate of drug-likeness (QED) is 0.860. The summed E-state index contributed by atoms with van der Waals surface area (Å²) < 4.78 is 0. The van der Waals surface area contributed by atoms with Gasteiger partial charge in [-0.15, -0.1) is 12.4 Å². The smallest absolute Gasteiger partial charge is 0.222 e. The van der Waals surface area contributed by atoms with Gasteiger partial charge in [-0.25, -0.2) is 0 Å². The van der Waals surface area contributed by atoms with Crippen LogP contribution in [0.1, 0.15) is 24.8 Å². The highest BCUT2D eigenvalue weighted by Gasteiger charge is 2.14. The lowest BCUT2D eigenvalue weighted by atomic mass is 9.97. The van der Waals surface area contributed by atoms with Gasteiger partial charge in [-0.05, 0) is 18.5 Å². The Morgan fingerprint density at radius 3 is 2.50 bits per heavy atom. The van der Waals surface area contributed by atoms with Gasteiger partial charge >= 0.3 is 0 Å². The van der Waals surface area contributed by atoms with Gasteiger partial charge in [-0.2, -0.15) is 0 Å². The molecule has 18 heavy (non-hydrogen) atoms. The van der Waals surface area contributed by atoms with Crippen LogP contribution in [-0.4, -0.2) is 38.0 Å². The highest BCUT2D eigenvalue weighted by atomic mass is 35.5. The molecule has 1 rings (SSSR count). The fourth-order valence-corrected chi connectivity index (χ4v) is 1.72. The SMILES string of the molecule is CNCCN(C)C(=O)CC(C)c1ccccc1.Cl. The molecule has 1 N–H and O–H groups in total. The zero-order valence-corrected chi connectivity index (χ0v) is 12.2. The number of halogens is 1. The molecule has 0 aliphatic heterocycles. The van der Waals surface area contributed by atoms with Gasteiger partial charge in [0.25, 0.3) is 0 Å². The molecule has 0 aliphatic rings. The summed E-state index contributed by atoms with van der Waals surface area (Å²) in [7, 11) is 3.75. The minimum absolute atomic E-state index is 0. The summed E-state index contributed by atoms with van der Waals surface area (Å²) in [4.78, 5) is 13.7. The van der Waals surface area contributed by atoms with Crippen LogP contribution in [0.2, 0.25) is 0 Å². The van der Waals surface area contributed by atoms with Crippen molar-refractivity contribution in [2.24, 2.45) is 0 Å². The molecule has 0 aliphatic carbocycles. The Morgan fingerprint density at radius 2 is 1.94 bits per heavy atom. The molecule has 1 aromatic carbocycles.